The zero-order valence-electron chi connectivity index (χ0n) is 10.8. The van der Waals surface area contributed by atoms with Crippen molar-refractivity contribution in [1.29, 1.82) is 0 Å². The number of hydrogen-bond donors (Lipinski definition) is 0. The Morgan fingerprint density at radius 3 is 2.25 bits per heavy atom. The maximum atomic E-state index is 5.95. The van der Waals surface area contributed by atoms with Gasteiger partial charge in [0.25, 0.3) is 0 Å². The van der Waals surface area contributed by atoms with Crippen LogP contribution in [0.5, 0.6) is 5.75 Å². The van der Waals surface area contributed by atoms with Gasteiger partial charge in [0.05, 0.1) is 6.10 Å². The fraction of sp³-hybridized carbons (Fsp3) is 0.600. The Morgan fingerprint density at radius 1 is 1.06 bits per heavy atom. The second-order valence-corrected chi connectivity index (χ2v) is 5.42. The van der Waals surface area contributed by atoms with Gasteiger partial charge in [0, 0.05) is 0 Å². The molecular weight excluding hydrogens is 196 g/mol. The van der Waals surface area contributed by atoms with E-state index in [1.165, 1.54) is 24.0 Å². The molecule has 0 spiro atoms. The minimum atomic E-state index is 0.488. The first-order chi connectivity index (χ1) is 7.58. The average molecular weight is 218 g/mol. The molecule has 1 aliphatic carbocycles. The third-order valence-corrected chi connectivity index (χ3v) is 3.14. The van der Waals surface area contributed by atoms with Crippen molar-refractivity contribution >= 4 is 0 Å². The number of benzene rings is 1. The molecule has 88 valence electrons. The second-order valence-electron chi connectivity index (χ2n) is 5.42. The Morgan fingerprint density at radius 2 is 1.75 bits per heavy atom. The van der Waals surface area contributed by atoms with Gasteiger partial charge in [-0.1, -0.05) is 39.8 Å². The third-order valence-electron chi connectivity index (χ3n) is 3.14. The van der Waals surface area contributed by atoms with Gasteiger partial charge in [-0.25, -0.2) is 0 Å². The van der Waals surface area contributed by atoms with Crippen LogP contribution in [0.3, 0.4) is 0 Å². The van der Waals surface area contributed by atoms with Crippen LogP contribution in [0, 0.1) is 0 Å². The first-order valence-corrected chi connectivity index (χ1v) is 6.38. The van der Waals surface area contributed by atoms with Gasteiger partial charge in [-0.2, -0.15) is 0 Å². The summed E-state index contributed by atoms with van der Waals surface area (Å²) in [7, 11) is 0. The quantitative estimate of drug-likeness (QED) is 0.724. The first kappa shape index (κ1) is 11.5. The van der Waals surface area contributed by atoms with Gasteiger partial charge in [-0.3, -0.25) is 0 Å². The van der Waals surface area contributed by atoms with E-state index in [0.717, 1.165) is 5.75 Å². The van der Waals surface area contributed by atoms with Crippen molar-refractivity contribution in [3.63, 3.8) is 0 Å². The lowest BCUT2D eigenvalue weighted by Gasteiger charge is -2.16. The van der Waals surface area contributed by atoms with E-state index >= 15 is 0 Å². The predicted octanol–water partition coefficient (Wildman–Crippen LogP) is 4.47. The van der Waals surface area contributed by atoms with Crippen LogP contribution < -0.4 is 4.74 Å². The Balaban J connectivity index is 2.28. The summed E-state index contributed by atoms with van der Waals surface area (Å²) in [5, 5.41) is 0. The fourth-order valence-corrected chi connectivity index (χ4v) is 1.85. The first-order valence-electron chi connectivity index (χ1n) is 6.38. The van der Waals surface area contributed by atoms with Gasteiger partial charge in [0.2, 0.25) is 0 Å². The summed E-state index contributed by atoms with van der Waals surface area (Å²) in [4.78, 5) is 0. The lowest BCUT2D eigenvalue weighted by molar-refractivity contribution is 0.298. The van der Waals surface area contributed by atoms with Crippen LogP contribution in [0.15, 0.2) is 18.2 Å². The van der Waals surface area contributed by atoms with Gasteiger partial charge in [0.15, 0.2) is 0 Å². The molecule has 0 bridgehead atoms. The summed E-state index contributed by atoms with van der Waals surface area (Å²) < 4.78 is 5.95. The molecule has 0 amide bonds. The second kappa shape index (κ2) is 4.48. The lowest BCUT2D eigenvalue weighted by atomic mass is 9.95. The van der Waals surface area contributed by atoms with Crippen LogP contribution in [-0.4, -0.2) is 6.10 Å². The number of ether oxygens (including phenoxy) is 1. The minimum absolute atomic E-state index is 0.488. The highest BCUT2D eigenvalue weighted by atomic mass is 16.5. The van der Waals surface area contributed by atoms with Gasteiger partial charge < -0.3 is 4.74 Å². The molecule has 0 atom stereocenters. The largest absolute Gasteiger partial charge is 0.490 e. The molecule has 1 aliphatic rings. The Labute approximate surface area is 98.8 Å². The Kier molecular flexibility index (Phi) is 3.22. The van der Waals surface area contributed by atoms with Crippen molar-refractivity contribution in [1.82, 2.24) is 0 Å². The van der Waals surface area contributed by atoms with Crippen molar-refractivity contribution < 1.29 is 4.74 Å². The van der Waals surface area contributed by atoms with E-state index in [9.17, 15) is 0 Å². The van der Waals surface area contributed by atoms with Crippen LogP contribution in [0.2, 0.25) is 0 Å². The highest BCUT2D eigenvalue weighted by Crippen LogP contribution is 2.34. The zero-order chi connectivity index (χ0) is 11.7. The highest BCUT2D eigenvalue weighted by Gasteiger charge is 2.25. The van der Waals surface area contributed by atoms with E-state index in [1.807, 2.05) is 0 Å². The van der Waals surface area contributed by atoms with Crippen LogP contribution in [0.25, 0.3) is 0 Å². The summed E-state index contributed by atoms with van der Waals surface area (Å²) in [6.07, 6.45) is 2.94. The van der Waals surface area contributed by atoms with Gasteiger partial charge in [-0.05, 0) is 41.9 Å². The smallest absolute Gasteiger partial charge is 0.123 e. The molecule has 0 aliphatic heterocycles. The van der Waals surface area contributed by atoms with E-state index in [0.29, 0.717) is 17.9 Å². The van der Waals surface area contributed by atoms with Crippen molar-refractivity contribution in [2.75, 3.05) is 0 Å². The van der Waals surface area contributed by atoms with Gasteiger partial charge in [-0.15, -0.1) is 0 Å². The van der Waals surface area contributed by atoms with E-state index in [4.69, 9.17) is 4.74 Å². The fourth-order valence-electron chi connectivity index (χ4n) is 1.85. The van der Waals surface area contributed by atoms with Crippen molar-refractivity contribution in [2.24, 2.45) is 0 Å². The maximum absolute atomic E-state index is 5.95. The molecule has 0 radical (unpaired) electrons. The van der Waals surface area contributed by atoms with Gasteiger partial charge >= 0.3 is 0 Å². The molecule has 0 unspecified atom stereocenters. The Hall–Kier alpha value is -0.980. The standard InChI is InChI=1S/C15H22O/c1-10(2)12-5-8-15(16-13-6-7-13)14(9-12)11(3)4/h5,8-11,13H,6-7H2,1-4H3. The van der Waals surface area contributed by atoms with Crippen molar-refractivity contribution in [2.45, 2.75) is 58.5 Å². The molecule has 0 aromatic heterocycles. The molecule has 0 heterocycles. The molecule has 1 aromatic carbocycles. The molecule has 1 saturated carbocycles. The summed E-state index contributed by atoms with van der Waals surface area (Å²) in [6.45, 7) is 8.94. The monoisotopic (exact) mass is 218 g/mol. The van der Waals surface area contributed by atoms with Crippen molar-refractivity contribution in [3.05, 3.63) is 29.3 Å². The van der Waals surface area contributed by atoms with E-state index < -0.39 is 0 Å². The average Bonchev–Trinajstić information content (AvgIpc) is 3.01. The topological polar surface area (TPSA) is 9.23 Å². The molecule has 1 fully saturated rings. The zero-order valence-corrected chi connectivity index (χ0v) is 10.8. The molecule has 1 nitrogen and oxygen atoms in total. The number of hydrogen-bond acceptors (Lipinski definition) is 1. The normalized spacial score (nSPS) is 15.9. The molecular formula is C15H22O. The maximum Gasteiger partial charge on any atom is 0.123 e. The summed E-state index contributed by atoms with van der Waals surface area (Å²) in [5.41, 5.74) is 2.77. The Bertz CT molecular complexity index is 362. The molecule has 0 saturated heterocycles. The predicted molar refractivity (Wildman–Crippen MR) is 68.3 cm³/mol. The van der Waals surface area contributed by atoms with Crippen molar-refractivity contribution in [3.8, 4) is 5.75 Å². The molecule has 2 rings (SSSR count). The van der Waals surface area contributed by atoms with Crippen LogP contribution >= 0.6 is 0 Å². The molecule has 16 heavy (non-hydrogen) atoms. The SMILES string of the molecule is CC(C)c1ccc(OC2CC2)c(C(C)C)c1. The summed E-state index contributed by atoms with van der Waals surface area (Å²) >= 11 is 0. The molecule has 0 N–H and O–H groups in total. The van der Waals surface area contributed by atoms with Gasteiger partial charge in [0.1, 0.15) is 5.75 Å². The van der Waals surface area contributed by atoms with E-state index in [2.05, 4.69) is 45.9 Å². The molecule has 1 heteroatoms. The van der Waals surface area contributed by atoms with Crippen LogP contribution in [0.4, 0.5) is 0 Å². The lowest BCUT2D eigenvalue weighted by Crippen LogP contribution is -2.02. The summed E-state index contributed by atoms with van der Waals surface area (Å²) in [5.74, 6) is 2.22. The van der Waals surface area contributed by atoms with Crippen LogP contribution in [-0.2, 0) is 0 Å². The van der Waals surface area contributed by atoms with E-state index in [1.54, 1.807) is 0 Å². The number of rotatable bonds is 4. The highest BCUT2D eigenvalue weighted by molar-refractivity contribution is 5.40. The summed E-state index contributed by atoms with van der Waals surface area (Å²) in [6, 6.07) is 6.67. The molecule has 1 aromatic rings. The minimum Gasteiger partial charge on any atom is -0.490 e. The third kappa shape index (κ3) is 2.58. The van der Waals surface area contributed by atoms with E-state index in [-0.39, 0.29) is 0 Å². The van der Waals surface area contributed by atoms with Crippen LogP contribution in [0.1, 0.15) is 63.5 Å².